The second-order valence-electron chi connectivity index (χ2n) is 7.86. The van der Waals surface area contributed by atoms with Crippen LogP contribution in [-0.4, -0.2) is 20.7 Å². The summed E-state index contributed by atoms with van der Waals surface area (Å²) in [5.41, 5.74) is 15.6. The molecule has 0 radical (unpaired) electrons. The summed E-state index contributed by atoms with van der Waals surface area (Å²) in [5, 5.41) is 1.55. The average Bonchev–Trinajstić information content (AvgIpc) is 3.10. The number of hydrogen-bond acceptors (Lipinski definition) is 6. The number of anilines is 2. The van der Waals surface area contributed by atoms with E-state index in [0.29, 0.717) is 28.7 Å². The quantitative estimate of drug-likeness (QED) is 0.463. The second-order valence-corrected chi connectivity index (χ2v) is 10.4. The van der Waals surface area contributed by atoms with E-state index in [-0.39, 0.29) is 19.3 Å². The third-order valence-corrected chi connectivity index (χ3v) is 7.68. The Morgan fingerprint density at radius 1 is 1.07 bits per heavy atom. The number of rotatable bonds is 3. The van der Waals surface area contributed by atoms with Gasteiger partial charge in [0.1, 0.15) is 5.82 Å². The Labute approximate surface area is 178 Å². The van der Waals surface area contributed by atoms with E-state index in [1.54, 1.807) is 18.2 Å². The maximum absolute atomic E-state index is 13.5. The minimum Gasteiger partial charge on any atom is -0.397 e. The standard InChI is InChI=1S/C22H25FN4OS.H3N.H2/c1-13(2)21-20(14-5-7-15(23)8-6-14)16-11-18(24)19(25)12-17(16)22(26-21)27-29(28)9-3-4-10-29;;/h5-8,11-13H,3-4,9-10,24-25H2,1-2H3;1H3;1H. The summed E-state index contributed by atoms with van der Waals surface area (Å²) >= 11 is 0. The van der Waals surface area contributed by atoms with Crippen LogP contribution in [0.15, 0.2) is 40.8 Å². The molecule has 1 aromatic heterocycles. The lowest BCUT2D eigenvalue weighted by atomic mass is 9.92. The largest absolute Gasteiger partial charge is 0.397 e. The monoisotopic (exact) mass is 431 g/mol. The molecule has 1 fully saturated rings. The van der Waals surface area contributed by atoms with Gasteiger partial charge in [0, 0.05) is 23.9 Å². The molecule has 1 aliphatic rings. The lowest BCUT2D eigenvalue weighted by Gasteiger charge is -2.18. The predicted molar refractivity (Wildman–Crippen MR) is 126 cm³/mol. The van der Waals surface area contributed by atoms with Gasteiger partial charge in [0.05, 0.1) is 26.8 Å². The van der Waals surface area contributed by atoms with Crippen LogP contribution in [0.2, 0.25) is 0 Å². The Morgan fingerprint density at radius 2 is 1.63 bits per heavy atom. The molecule has 2 aromatic carbocycles. The van der Waals surface area contributed by atoms with Gasteiger partial charge in [0.2, 0.25) is 0 Å². The first-order chi connectivity index (χ1) is 13.8. The van der Waals surface area contributed by atoms with Gasteiger partial charge >= 0.3 is 0 Å². The summed E-state index contributed by atoms with van der Waals surface area (Å²) in [4.78, 5) is 4.84. The van der Waals surface area contributed by atoms with Crippen LogP contribution in [-0.2, 0) is 9.73 Å². The molecule has 6 nitrogen and oxygen atoms in total. The number of nitrogens with zero attached hydrogens (tertiary/aromatic N) is 2. The van der Waals surface area contributed by atoms with E-state index in [4.69, 9.17) is 16.5 Å². The van der Waals surface area contributed by atoms with Gasteiger partial charge < -0.3 is 17.6 Å². The SMILES string of the molecule is CC(C)c1nc(N=S2(=O)CCCC2)c2cc(N)c(N)cc2c1-c1ccc(F)cc1.N.[HH]. The molecule has 0 amide bonds. The first-order valence-corrected chi connectivity index (χ1v) is 11.6. The molecule has 8 heteroatoms. The summed E-state index contributed by atoms with van der Waals surface area (Å²) in [6.07, 6.45) is 1.83. The molecular weight excluding hydrogens is 401 g/mol. The van der Waals surface area contributed by atoms with Crippen molar-refractivity contribution >= 4 is 37.7 Å². The smallest absolute Gasteiger partial charge is 0.169 e. The zero-order chi connectivity index (χ0) is 20.8. The van der Waals surface area contributed by atoms with Crippen LogP contribution in [0.5, 0.6) is 0 Å². The van der Waals surface area contributed by atoms with Gasteiger partial charge in [0.15, 0.2) is 5.82 Å². The van der Waals surface area contributed by atoms with Crippen molar-refractivity contribution in [2.75, 3.05) is 23.0 Å². The number of pyridine rings is 1. The van der Waals surface area contributed by atoms with Gasteiger partial charge in [-0.2, -0.15) is 4.36 Å². The third kappa shape index (κ3) is 3.97. The molecule has 1 aliphatic heterocycles. The van der Waals surface area contributed by atoms with E-state index in [1.165, 1.54) is 12.1 Å². The van der Waals surface area contributed by atoms with Crippen molar-refractivity contribution in [2.45, 2.75) is 32.6 Å². The number of benzene rings is 2. The second kappa shape index (κ2) is 8.20. The third-order valence-electron chi connectivity index (χ3n) is 5.33. The maximum atomic E-state index is 13.5. The van der Waals surface area contributed by atoms with Crippen LogP contribution >= 0.6 is 0 Å². The van der Waals surface area contributed by atoms with Crippen LogP contribution in [0.1, 0.15) is 39.7 Å². The van der Waals surface area contributed by atoms with Crippen molar-refractivity contribution < 1.29 is 10.0 Å². The highest BCUT2D eigenvalue weighted by Gasteiger charge is 2.22. The van der Waals surface area contributed by atoms with E-state index in [9.17, 15) is 8.60 Å². The van der Waals surface area contributed by atoms with Crippen molar-refractivity contribution in [1.82, 2.24) is 11.1 Å². The molecule has 0 unspecified atom stereocenters. The predicted octanol–water partition coefficient (Wildman–Crippen LogP) is 5.63. The summed E-state index contributed by atoms with van der Waals surface area (Å²) in [6, 6.07) is 9.90. The van der Waals surface area contributed by atoms with Gasteiger partial charge in [-0.05, 0) is 54.0 Å². The first kappa shape index (κ1) is 22.0. The topological polar surface area (TPSA) is 129 Å². The fourth-order valence-electron chi connectivity index (χ4n) is 3.81. The Kier molecular flexibility index (Phi) is 6.01. The fourth-order valence-corrected chi connectivity index (χ4v) is 5.96. The lowest BCUT2D eigenvalue weighted by molar-refractivity contribution is 0.628. The van der Waals surface area contributed by atoms with Crippen molar-refractivity contribution in [3.63, 3.8) is 0 Å². The van der Waals surface area contributed by atoms with Crippen LogP contribution in [0, 0.1) is 5.82 Å². The van der Waals surface area contributed by atoms with E-state index >= 15 is 0 Å². The highest BCUT2D eigenvalue weighted by molar-refractivity contribution is 7.93. The Bertz CT molecular complexity index is 1210. The van der Waals surface area contributed by atoms with E-state index in [1.807, 2.05) is 19.9 Å². The number of fused-ring (bicyclic) bond motifs is 1. The number of hydrogen-bond donors (Lipinski definition) is 3. The highest BCUT2D eigenvalue weighted by Crippen LogP contribution is 2.41. The first-order valence-electron chi connectivity index (χ1n) is 9.78. The zero-order valence-electron chi connectivity index (χ0n) is 17.3. The summed E-state index contributed by atoms with van der Waals surface area (Å²) < 4.78 is 31.3. The van der Waals surface area contributed by atoms with Crippen LogP contribution in [0.25, 0.3) is 21.9 Å². The van der Waals surface area contributed by atoms with Gasteiger partial charge in [-0.25, -0.2) is 13.6 Å². The van der Waals surface area contributed by atoms with Crippen molar-refractivity contribution in [1.29, 1.82) is 0 Å². The van der Waals surface area contributed by atoms with Gasteiger partial charge in [-0.15, -0.1) is 0 Å². The zero-order valence-corrected chi connectivity index (χ0v) is 18.1. The number of aromatic nitrogens is 1. The summed E-state index contributed by atoms with van der Waals surface area (Å²) in [7, 11) is -2.31. The van der Waals surface area contributed by atoms with Crippen LogP contribution in [0.4, 0.5) is 21.6 Å². The highest BCUT2D eigenvalue weighted by atomic mass is 32.2. The van der Waals surface area contributed by atoms with Gasteiger partial charge in [-0.3, -0.25) is 0 Å². The average molecular weight is 432 g/mol. The number of halogens is 1. The molecule has 0 bridgehead atoms. The number of nitrogens with two attached hydrogens (primary N) is 2. The molecule has 0 atom stereocenters. The minimum absolute atomic E-state index is 0. The molecule has 2 heterocycles. The van der Waals surface area contributed by atoms with E-state index in [2.05, 4.69) is 4.36 Å². The molecule has 7 N–H and O–H groups in total. The molecule has 1 saturated heterocycles. The molecule has 30 heavy (non-hydrogen) atoms. The lowest BCUT2D eigenvalue weighted by Crippen LogP contribution is -2.04. The molecule has 4 rings (SSSR count). The molecular formula is C22H30FN5OS. The van der Waals surface area contributed by atoms with Crippen LogP contribution in [0.3, 0.4) is 0 Å². The fraction of sp³-hybridized carbons (Fsp3) is 0.318. The molecule has 0 aliphatic carbocycles. The summed E-state index contributed by atoms with van der Waals surface area (Å²) in [6.45, 7) is 4.09. The normalized spacial score (nSPS) is 15.3. The Morgan fingerprint density at radius 3 is 2.20 bits per heavy atom. The van der Waals surface area contributed by atoms with E-state index in [0.717, 1.165) is 40.4 Å². The number of nitrogen functional groups attached to an aromatic ring is 2. The Balaban J connectivity index is 0.00000171. The van der Waals surface area contributed by atoms with Crippen LogP contribution < -0.4 is 17.6 Å². The molecule has 0 spiro atoms. The van der Waals surface area contributed by atoms with Crippen molar-refractivity contribution in [3.8, 4) is 11.1 Å². The molecule has 3 aromatic rings. The Hall–Kier alpha value is -2.71. The summed E-state index contributed by atoms with van der Waals surface area (Å²) in [5.74, 6) is 1.42. The van der Waals surface area contributed by atoms with Crippen molar-refractivity contribution in [2.24, 2.45) is 4.36 Å². The minimum atomic E-state index is -2.31. The van der Waals surface area contributed by atoms with Crippen molar-refractivity contribution in [3.05, 3.63) is 47.9 Å². The maximum Gasteiger partial charge on any atom is 0.169 e. The molecule has 0 saturated carbocycles. The van der Waals surface area contributed by atoms with Gasteiger partial charge in [-0.1, -0.05) is 26.0 Å². The van der Waals surface area contributed by atoms with E-state index < -0.39 is 9.73 Å². The molecule has 162 valence electrons. The van der Waals surface area contributed by atoms with Gasteiger partial charge in [0.25, 0.3) is 0 Å².